The minimum atomic E-state index is -0.654. The van der Waals surface area contributed by atoms with Gasteiger partial charge in [-0.25, -0.2) is 0 Å². The van der Waals surface area contributed by atoms with Gasteiger partial charge in [0, 0.05) is 18.5 Å². The third-order valence-corrected chi connectivity index (χ3v) is 4.04. The van der Waals surface area contributed by atoms with E-state index in [1.54, 1.807) is 18.2 Å². The number of amides is 4. The number of carbonyl (C=O) groups is 4. The molecule has 1 aromatic rings. The number of rotatable bonds is 3. The summed E-state index contributed by atoms with van der Waals surface area (Å²) < 4.78 is 0. The van der Waals surface area contributed by atoms with Gasteiger partial charge in [-0.3, -0.25) is 24.5 Å². The number of imide groups is 1. The highest BCUT2D eigenvalue weighted by Crippen LogP contribution is 2.29. The van der Waals surface area contributed by atoms with Crippen LogP contribution in [0.15, 0.2) is 18.2 Å². The van der Waals surface area contributed by atoms with Gasteiger partial charge in [0.15, 0.2) is 0 Å². The van der Waals surface area contributed by atoms with Crippen LogP contribution >= 0.6 is 0 Å². The lowest BCUT2D eigenvalue weighted by Crippen LogP contribution is -2.52. The van der Waals surface area contributed by atoms with E-state index in [4.69, 9.17) is 5.73 Å². The van der Waals surface area contributed by atoms with E-state index in [1.165, 1.54) is 4.90 Å². The zero-order valence-electron chi connectivity index (χ0n) is 11.8. The van der Waals surface area contributed by atoms with Crippen molar-refractivity contribution >= 4 is 23.6 Å². The summed E-state index contributed by atoms with van der Waals surface area (Å²) in [5.74, 6) is -1.50. The summed E-state index contributed by atoms with van der Waals surface area (Å²) in [4.78, 5) is 48.3. The first-order chi connectivity index (χ1) is 10.5. The number of benzene rings is 1. The standard InChI is InChI=1S/C15H15N3O4/c16-12(19)6-8-2-1-3-9-10(8)7-18(15(9)22)11-4-5-13(20)17-14(11)21/h1-3,11H,4-7H2,(H2,16,19)(H,17,20,21). The van der Waals surface area contributed by atoms with Crippen molar-refractivity contribution in [3.8, 4) is 0 Å². The highest BCUT2D eigenvalue weighted by atomic mass is 16.2. The Morgan fingerprint density at radius 2 is 2.09 bits per heavy atom. The monoisotopic (exact) mass is 301 g/mol. The summed E-state index contributed by atoms with van der Waals surface area (Å²) in [5.41, 5.74) is 7.15. The number of nitrogens with zero attached hydrogens (tertiary/aromatic N) is 1. The molecule has 0 radical (unpaired) electrons. The first kappa shape index (κ1) is 14.2. The lowest BCUT2D eigenvalue weighted by atomic mass is 10.0. The third kappa shape index (κ3) is 2.34. The molecule has 3 N–H and O–H groups in total. The molecule has 3 rings (SSSR count). The van der Waals surface area contributed by atoms with Crippen LogP contribution < -0.4 is 11.1 Å². The van der Waals surface area contributed by atoms with E-state index < -0.39 is 17.9 Å². The Kier molecular flexibility index (Phi) is 3.40. The molecule has 1 unspecified atom stereocenters. The summed E-state index contributed by atoms with van der Waals surface area (Å²) in [5, 5.41) is 2.25. The zero-order valence-corrected chi connectivity index (χ0v) is 11.8. The fourth-order valence-electron chi connectivity index (χ4n) is 3.00. The number of nitrogens with two attached hydrogens (primary N) is 1. The van der Waals surface area contributed by atoms with Gasteiger partial charge in [0.25, 0.3) is 5.91 Å². The third-order valence-electron chi connectivity index (χ3n) is 4.04. The van der Waals surface area contributed by atoms with Gasteiger partial charge in [-0.2, -0.15) is 0 Å². The molecule has 1 fully saturated rings. The maximum atomic E-state index is 12.5. The largest absolute Gasteiger partial charge is 0.369 e. The predicted octanol–water partition coefficient (Wildman–Crippen LogP) is -0.525. The first-order valence-electron chi connectivity index (χ1n) is 7.01. The number of fused-ring (bicyclic) bond motifs is 1. The minimum Gasteiger partial charge on any atom is -0.369 e. The molecule has 0 bridgehead atoms. The molecule has 2 heterocycles. The first-order valence-corrected chi connectivity index (χ1v) is 7.01. The molecule has 2 aliphatic heterocycles. The SMILES string of the molecule is NC(=O)Cc1cccc2c1CN(C1CCC(=O)NC1=O)C2=O. The number of nitrogens with one attached hydrogen (secondary N) is 1. The van der Waals surface area contributed by atoms with Crippen molar-refractivity contribution in [1.29, 1.82) is 0 Å². The van der Waals surface area contributed by atoms with Crippen LogP contribution in [0.4, 0.5) is 0 Å². The number of piperidine rings is 1. The second kappa shape index (κ2) is 5.25. The van der Waals surface area contributed by atoms with Crippen LogP contribution in [0.3, 0.4) is 0 Å². The van der Waals surface area contributed by atoms with Crippen LogP contribution in [0.5, 0.6) is 0 Å². The number of hydrogen-bond donors (Lipinski definition) is 2. The van der Waals surface area contributed by atoms with Crippen LogP contribution in [0.2, 0.25) is 0 Å². The fraction of sp³-hybridized carbons (Fsp3) is 0.333. The number of hydrogen-bond acceptors (Lipinski definition) is 4. The average molecular weight is 301 g/mol. The predicted molar refractivity (Wildman–Crippen MR) is 75.4 cm³/mol. The van der Waals surface area contributed by atoms with Crippen molar-refractivity contribution < 1.29 is 19.2 Å². The zero-order chi connectivity index (χ0) is 15.9. The van der Waals surface area contributed by atoms with Crippen LogP contribution in [-0.4, -0.2) is 34.6 Å². The van der Waals surface area contributed by atoms with Crippen molar-refractivity contribution in [1.82, 2.24) is 10.2 Å². The summed E-state index contributed by atoms with van der Waals surface area (Å²) in [7, 11) is 0. The van der Waals surface area contributed by atoms with E-state index in [-0.39, 0.29) is 31.2 Å². The molecule has 1 atom stereocenters. The maximum absolute atomic E-state index is 12.5. The summed E-state index contributed by atoms with van der Waals surface area (Å²) >= 11 is 0. The van der Waals surface area contributed by atoms with E-state index in [0.717, 1.165) is 5.56 Å². The molecule has 1 aromatic carbocycles. The van der Waals surface area contributed by atoms with Crippen LogP contribution in [-0.2, 0) is 27.3 Å². The van der Waals surface area contributed by atoms with E-state index in [9.17, 15) is 19.2 Å². The molecule has 7 heteroatoms. The van der Waals surface area contributed by atoms with E-state index >= 15 is 0 Å². The van der Waals surface area contributed by atoms with E-state index in [2.05, 4.69) is 5.32 Å². The number of primary amides is 1. The van der Waals surface area contributed by atoms with Crippen LogP contribution in [0.25, 0.3) is 0 Å². The Balaban J connectivity index is 1.89. The van der Waals surface area contributed by atoms with Crippen molar-refractivity contribution in [3.05, 3.63) is 34.9 Å². The van der Waals surface area contributed by atoms with Gasteiger partial charge in [-0.1, -0.05) is 12.1 Å². The van der Waals surface area contributed by atoms with Crippen molar-refractivity contribution in [2.45, 2.75) is 31.8 Å². The van der Waals surface area contributed by atoms with E-state index in [1.807, 2.05) is 0 Å². The molecule has 0 saturated carbocycles. The van der Waals surface area contributed by atoms with Gasteiger partial charge in [0.1, 0.15) is 6.04 Å². The maximum Gasteiger partial charge on any atom is 0.255 e. The summed E-state index contributed by atoms with van der Waals surface area (Å²) in [6.07, 6.45) is 0.583. The molecule has 114 valence electrons. The van der Waals surface area contributed by atoms with Crippen LogP contribution in [0.1, 0.15) is 34.3 Å². The van der Waals surface area contributed by atoms with Gasteiger partial charge in [0.05, 0.1) is 6.42 Å². The van der Waals surface area contributed by atoms with Crippen LogP contribution in [0, 0.1) is 0 Å². The molecule has 4 amide bonds. The molecule has 1 saturated heterocycles. The molecular weight excluding hydrogens is 286 g/mol. The normalized spacial score (nSPS) is 20.8. The molecule has 0 aliphatic carbocycles. The summed E-state index contributed by atoms with van der Waals surface area (Å²) in [6.45, 7) is 0.254. The van der Waals surface area contributed by atoms with Gasteiger partial charge >= 0.3 is 0 Å². The highest BCUT2D eigenvalue weighted by molar-refractivity contribution is 6.05. The molecule has 7 nitrogen and oxygen atoms in total. The van der Waals surface area contributed by atoms with Gasteiger partial charge in [0.2, 0.25) is 17.7 Å². The Bertz CT molecular complexity index is 698. The lowest BCUT2D eigenvalue weighted by molar-refractivity contribution is -0.137. The molecule has 2 aliphatic rings. The summed E-state index contributed by atoms with van der Waals surface area (Å²) in [6, 6.07) is 4.47. The molecular formula is C15H15N3O4. The Hall–Kier alpha value is -2.70. The highest BCUT2D eigenvalue weighted by Gasteiger charge is 2.39. The van der Waals surface area contributed by atoms with Gasteiger partial charge in [-0.15, -0.1) is 0 Å². The van der Waals surface area contributed by atoms with Crippen molar-refractivity contribution in [3.63, 3.8) is 0 Å². The quantitative estimate of drug-likeness (QED) is 0.732. The fourth-order valence-corrected chi connectivity index (χ4v) is 3.00. The van der Waals surface area contributed by atoms with Crippen molar-refractivity contribution in [2.75, 3.05) is 0 Å². The van der Waals surface area contributed by atoms with Gasteiger partial charge in [-0.05, 0) is 23.6 Å². The van der Waals surface area contributed by atoms with Gasteiger partial charge < -0.3 is 10.6 Å². The minimum absolute atomic E-state index is 0.0552. The topological polar surface area (TPSA) is 110 Å². The second-order valence-corrected chi connectivity index (χ2v) is 5.49. The molecule has 0 spiro atoms. The molecule has 22 heavy (non-hydrogen) atoms. The lowest BCUT2D eigenvalue weighted by Gasteiger charge is -2.29. The Morgan fingerprint density at radius 1 is 1.32 bits per heavy atom. The molecule has 0 aromatic heterocycles. The van der Waals surface area contributed by atoms with E-state index in [0.29, 0.717) is 17.5 Å². The number of carbonyl (C=O) groups excluding carboxylic acids is 4. The Morgan fingerprint density at radius 3 is 2.77 bits per heavy atom. The smallest absolute Gasteiger partial charge is 0.255 e. The van der Waals surface area contributed by atoms with Crippen molar-refractivity contribution in [2.24, 2.45) is 5.73 Å². The second-order valence-electron chi connectivity index (χ2n) is 5.49. The average Bonchev–Trinajstić information content (AvgIpc) is 2.77. The Labute approximate surface area is 126 Å².